The van der Waals surface area contributed by atoms with Gasteiger partial charge >= 0.3 is 29.6 Å². The molecule has 5 heteroatoms. The number of hydrogen-bond acceptors (Lipinski definition) is 2. The summed E-state index contributed by atoms with van der Waals surface area (Å²) in [5.74, 6) is 0. The molecule has 0 saturated heterocycles. The molecule has 0 aliphatic heterocycles. The van der Waals surface area contributed by atoms with Crippen LogP contribution in [-0.4, -0.2) is 42.5 Å². The number of rotatable bonds is 3. The maximum atomic E-state index is 10.9. The molecule has 0 radical (unpaired) electrons. The molecule has 94 valence electrons. The van der Waals surface area contributed by atoms with Crippen molar-refractivity contribution in [2.24, 2.45) is 0 Å². The van der Waals surface area contributed by atoms with Crippen molar-refractivity contribution in [3.05, 3.63) is 65.7 Å². The van der Waals surface area contributed by atoms with Gasteiger partial charge in [-0.2, -0.15) is 8.42 Å². The van der Waals surface area contributed by atoms with Crippen molar-refractivity contribution in [2.75, 3.05) is 0 Å². The van der Waals surface area contributed by atoms with Crippen molar-refractivity contribution < 1.29 is 13.0 Å². The average Bonchev–Trinajstić information content (AvgIpc) is 2.37. The van der Waals surface area contributed by atoms with E-state index in [0.717, 1.165) is 11.1 Å². The molecule has 0 amide bonds. The normalized spacial score (nSPS) is 11.2. The third kappa shape index (κ3) is 4.93. The van der Waals surface area contributed by atoms with Crippen LogP contribution in [0.1, 0.15) is 11.1 Å². The zero-order chi connectivity index (χ0) is 13.0. The fourth-order valence-corrected chi connectivity index (χ4v) is 1.99. The van der Waals surface area contributed by atoms with Crippen LogP contribution in [0.25, 0.3) is 12.2 Å². The third-order valence-electron chi connectivity index (χ3n) is 2.45. The van der Waals surface area contributed by atoms with Gasteiger partial charge in [0.2, 0.25) is 0 Å². The zero-order valence-electron chi connectivity index (χ0n) is 9.52. The quantitative estimate of drug-likeness (QED) is 0.535. The van der Waals surface area contributed by atoms with Gasteiger partial charge in [-0.25, -0.2) is 0 Å². The Balaban J connectivity index is 0.00000180. The Kier molecular flexibility index (Phi) is 5.97. The summed E-state index contributed by atoms with van der Waals surface area (Å²) in [7, 11) is -4.11. The van der Waals surface area contributed by atoms with Crippen LogP contribution in [-0.2, 0) is 10.1 Å². The molecule has 0 aliphatic carbocycles. The molecule has 0 atom stereocenters. The summed E-state index contributed by atoms with van der Waals surface area (Å²) in [6.45, 7) is 0. The van der Waals surface area contributed by atoms with Gasteiger partial charge in [-0.3, -0.25) is 4.55 Å². The monoisotopic (exact) mass is 284 g/mol. The summed E-state index contributed by atoms with van der Waals surface area (Å²) in [6, 6.07) is 15.8. The fourth-order valence-electron chi connectivity index (χ4n) is 1.51. The van der Waals surface area contributed by atoms with Crippen molar-refractivity contribution in [3.8, 4) is 0 Å². The van der Waals surface area contributed by atoms with E-state index in [1.807, 2.05) is 42.5 Å². The first-order valence-electron chi connectivity index (χ1n) is 5.36. The van der Waals surface area contributed by atoms with Crippen molar-refractivity contribution in [1.82, 2.24) is 0 Å². The second-order valence-corrected chi connectivity index (χ2v) is 5.21. The number of benzene rings is 2. The van der Waals surface area contributed by atoms with Crippen LogP contribution in [0.5, 0.6) is 0 Å². The van der Waals surface area contributed by atoms with Crippen LogP contribution in [0.2, 0.25) is 0 Å². The van der Waals surface area contributed by atoms with Crippen molar-refractivity contribution in [1.29, 1.82) is 0 Å². The first kappa shape index (κ1) is 16.1. The molecule has 0 unspecified atom stereocenters. The van der Waals surface area contributed by atoms with Gasteiger partial charge in [-0.15, -0.1) is 0 Å². The Morgan fingerprint density at radius 2 is 1.26 bits per heavy atom. The molecule has 2 rings (SSSR count). The van der Waals surface area contributed by atoms with Crippen LogP contribution < -0.4 is 0 Å². The van der Waals surface area contributed by atoms with Gasteiger partial charge < -0.3 is 0 Å². The second-order valence-electron chi connectivity index (χ2n) is 3.79. The van der Waals surface area contributed by atoms with Crippen LogP contribution in [0.3, 0.4) is 0 Å². The minimum atomic E-state index is -4.11. The molecule has 3 nitrogen and oxygen atoms in total. The van der Waals surface area contributed by atoms with E-state index >= 15 is 0 Å². The summed E-state index contributed by atoms with van der Waals surface area (Å²) in [4.78, 5) is -0.0978. The predicted octanol–water partition coefficient (Wildman–Crippen LogP) is 2.46. The van der Waals surface area contributed by atoms with E-state index in [4.69, 9.17) is 4.55 Å². The molecule has 19 heavy (non-hydrogen) atoms. The van der Waals surface area contributed by atoms with E-state index in [-0.39, 0.29) is 34.5 Å². The van der Waals surface area contributed by atoms with E-state index in [0.29, 0.717) is 0 Å². The van der Waals surface area contributed by atoms with Gasteiger partial charge in [-0.05, 0) is 23.3 Å². The maximum absolute atomic E-state index is 10.9. The zero-order valence-corrected chi connectivity index (χ0v) is 10.3. The van der Waals surface area contributed by atoms with Crippen molar-refractivity contribution in [2.45, 2.75) is 4.90 Å². The third-order valence-corrected chi connectivity index (χ3v) is 3.31. The van der Waals surface area contributed by atoms with E-state index in [9.17, 15) is 8.42 Å². The Morgan fingerprint density at radius 3 is 1.74 bits per heavy atom. The van der Waals surface area contributed by atoms with Crippen LogP contribution in [0.4, 0.5) is 0 Å². The SMILES string of the molecule is O=S(=O)(O)c1ccc(C=Cc2ccccc2)cc1.[NaH]. The first-order chi connectivity index (χ1) is 8.55. The van der Waals surface area contributed by atoms with Crippen molar-refractivity contribution in [3.63, 3.8) is 0 Å². The molecular weight excluding hydrogens is 271 g/mol. The van der Waals surface area contributed by atoms with Crippen LogP contribution >= 0.6 is 0 Å². The predicted molar refractivity (Wildman–Crippen MR) is 78.8 cm³/mol. The molecule has 0 saturated carbocycles. The molecule has 2 aromatic carbocycles. The van der Waals surface area contributed by atoms with Gasteiger partial charge in [0.1, 0.15) is 0 Å². The summed E-state index contributed by atoms with van der Waals surface area (Å²) in [6.07, 6.45) is 3.81. The molecule has 1 N–H and O–H groups in total. The summed E-state index contributed by atoms with van der Waals surface area (Å²) < 4.78 is 30.6. The Morgan fingerprint density at radius 1 is 0.789 bits per heavy atom. The van der Waals surface area contributed by atoms with E-state index < -0.39 is 10.1 Å². The summed E-state index contributed by atoms with van der Waals surface area (Å²) in [5, 5.41) is 0. The topological polar surface area (TPSA) is 54.4 Å². The molecule has 0 fully saturated rings. The Bertz CT molecular complexity index is 647. The summed E-state index contributed by atoms with van der Waals surface area (Å²) >= 11 is 0. The fraction of sp³-hybridized carbons (Fsp3) is 0. The van der Waals surface area contributed by atoms with Gasteiger partial charge in [0, 0.05) is 0 Å². The average molecular weight is 284 g/mol. The van der Waals surface area contributed by atoms with Gasteiger partial charge in [-0.1, -0.05) is 54.6 Å². The van der Waals surface area contributed by atoms with E-state index in [1.165, 1.54) is 12.1 Å². The molecule has 0 bridgehead atoms. The first-order valence-corrected chi connectivity index (χ1v) is 6.80. The second kappa shape index (κ2) is 7.03. The molecule has 0 heterocycles. The molecule has 2 aromatic rings. The van der Waals surface area contributed by atoms with Crippen LogP contribution in [0.15, 0.2) is 59.5 Å². The summed E-state index contributed by atoms with van der Waals surface area (Å²) in [5.41, 5.74) is 1.93. The van der Waals surface area contributed by atoms with Gasteiger partial charge in [0.15, 0.2) is 0 Å². The standard InChI is InChI=1S/C14H12O3S.Na.H/c15-18(16,17)14-10-8-13(9-11-14)7-6-12-4-2-1-3-5-12;;/h1-11H,(H,15,16,17);;. The minimum absolute atomic E-state index is 0. The van der Waals surface area contributed by atoms with Crippen LogP contribution in [0, 0.1) is 0 Å². The van der Waals surface area contributed by atoms with Gasteiger partial charge in [0.05, 0.1) is 4.90 Å². The molecule has 0 spiro atoms. The van der Waals surface area contributed by atoms with Crippen molar-refractivity contribution >= 4 is 51.8 Å². The van der Waals surface area contributed by atoms with E-state index in [1.54, 1.807) is 12.1 Å². The molecule has 0 aliphatic rings. The molecule has 0 aromatic heterocycles. The number of hydrogen-bond donors (Lipinski definition) is 1. The van der Waals surface area contributed by atoms with E-state index in [2.05, 4.69) is 0 Å². The molecular formula is C14H13NaO3S. The van der Waals surface area contributed by atoms with Gasteiger partial charge in [0.25, 0.3) is 10.1 Å². The Hall–Kier alpha value is -0.910. The Labute approximate surface area is 135 Å².